The number of benzene rings is 2. The third-order valence-electron chi connectivity index (χ3n) is 6.04. The molecule has 0 saturated carbocycles. The first-order chi connectivity index (χ1) is 15.2. The molecular formula is C25H26FN5. The summed E-state index contributed by atoms with van der Waals surface area (Å²) in [6, 6.07) is 15.5. The molecule has 0 unspecified atom stereocenters. The molecule has 1 saturated heterocycles. The molecule has 158 valence electrons. The van der Waals surface area contributed by atoms with Crippen molar-refractivity contribution in [3.05, 3.63) is 72.4 Å². The zero-order valence-corrected chi connectivity index (χ0v) is 17.7. The number of aromatic nitrogens is 3. The van der Waals surface area contributed by atoms with E-state index in [0.29, 0.717) is 5.56 Å². The van der Waals surface area contributed by atoms with Gasteiger partial charge in [0.1, 0.15) is 5.82 Å². The lowest BCUT2D eigenvalue weighted by Crippen LogP contribution is -2.44. The Kier molecular flexibility index (Phi) is 5.49. The number of imidazole rings is 1. The Morgan fingerprint density at radius 1 is 0.968 bits per heavy atom. The number of rotatable bonds is 5. The molecule has 4 aromatic rings. The number of aryl methyl sites for hydroxylation is 1. The van der Waals surface area contributed by atoms with E-state index in [0.717, 1.165) is 72.7 Å². The van der Waals surface area contributed by atoms with E-state index in [-0.39, 0.29) is 5.82 Å². The summed E-state index contributed by atoms with van der Waals surface area (Å²) in [5, 5.41) is 3.40. The Morgan fingerprint density at radius 3 is 2.65 bits per heavy atom. The van der Waals surface area contributed by atoms with Crippen LogP contribution in [0, 0.1) is 12.7 Å². The van der Waals surface area contributed by atoms with E-state index in [1.165, 1.54) is 6.07 Å². The second-order valence-corrected chi connectivity index (χ2v) is 8.10. The fourth-order valence-corrected chi connectivity index (χ4v) is 4.25. The maximum Gasteiger partial charge on any atom is 0.126 e. The monoisotopic (exact) mass is 415 g/mol. The van der Waals surface area contributed by atoms with Crippen LogP contribution >= 0.6 is 0 Å². The van der Waals surface area contributed by atoms with E-state index in [1.807, 2.05) is 18.5 Å². The smallest absolute Gasteiger partial charge is 0.126 e. The van der Waals surface area contributed by atoms with Gasteiger partial charge in [-0.2, -0.15) is 0 Å². The molecule has 0 bridgehead atoms. The van der Waals surface area contributed by atoms with Gasteiger partial charge in [0.05, 0.1) is 23.1 Å². The summed E-state index contributed by atoms with van der Waals surface area (Å²) < 4.78 is 16.0. The molecule has 5 nitrogen and oxygen atoms in total. The SMILES string of the molecule is Cc1cc(-c2ncccc2-c2ccc3ncn(CCN4CCNCC4)c3c2)ccc1F. The van der Waals surface area contributed by atoms with Crippen molar-refractivity contribution < 1.29 is 4.39 Å². The topological polar surface area (TPSA) is 46.0 Å². The molecular weight excluding hydrogens is 389 g/mol. The minimum Gasteiger partial charge on any atom is -0.329 e. The summed E-state index contributed by atoms with van der Waals surface area (Å²) in [5.74, 6) is -0.198. The third kappa shape index (κ3) is 4.09. The Morgan fingerprint density at radius 2 is 1.81 bits per heavy atom. The number of hydrogen-bond acceptors (Lipinski definition) is 4. The predicted molar refractivity (Wildman–Crippen MR) is 122 cm³/mol. The van der Waals surface area contributed by atoms with Crippen LogP contribution in [0.3, 0.4) is 0 Å². The molecule has 31 heavy (non-hydrogen) atoms. The van der Waals surface area contributed by atoms with Crippen LogP contribution in [0.1, 0.15) is 5.56 Å². The maximum absolute atomic E-state index is 13.8. The van der Waals surface area contributed by atoms with Gasteiger partial charge in [-0.25, -0.2) is 9.37 Å². The zero-order chi connectivity index (χ0) is 21.2. The summed E-state index contributed by atoms with van der Waals surface area (Å²) in [6.07, 6.45) is 3.72. The molecule has 1 aliphatic heterocycles. The average Bonchev–Trinajstić information content (AvgIpc) is 3.22. The van der Waals surface area contributed by atoms with Crippen molar-refractivity contribution in [1.29, 1.82) is 0 Å². The first kappa shape index (κ1) is 19.8. The Bertz CT molecular complexity index is 1210. The minimum absolute atomic E-state index is 0.198. The Labute approximate surface area is 181 Å². The number of nitrogens with one attached hydrogen (secondary N) is 1. The van der Waals surface area contributed by atoms with Gasteiger partial charge in [-0.05, 0) is 54.4 Å². The lowest BCUT2D eigenvalue weighted by atomic mass is 9.98. The van der Waals surface area contributed by atoms with Gasteiger partial charge < -0.3 is 9.88 Å². The molecule has 1 N–H and O–H groups in total. The maximum atomic E-state index is 13.8. The highest BCUT2D eigenvalue weighted by Gasteiger charge is 2.13. The number of fused-ring (bicyclic) bond motifs is 1. The number of nitrogens with zero attached hydrogens (tertiary/aromatic N) is 4. The van der Waals surface area contributed by atoms with E-state index >= 15 is 0 Å². The Hall–Kier alpha value is -3.09. The van der Waals surface area contributed by atoms with Gasteiger partial charge in [0.25, 0.3) is 0 Å². The van der Waals surface area contributed by atoms with Crippen LogP contribution in [-0.4, -0.2) is 52.2 Å². The predicted octanol–water partition coefficient (Wildman–Crippen LogP) is 4.12. The molecule has 0 radical (unpaired) electrons. The summed E-state index contributed by atoms with van der Waals surface area (Å²) in [4.78, 5) is 11.7. The molecule has 3 heterocycles. The normalized spacial score (nSPS) is 14.9. The fourth-order valence-electron chi connectivity index (χ4n) is 4.25. The molecule has 0 atom stereocenters. The van der Waals surface area contributed by atoms with Crippen LogP contribution in [0.4, 0.5) is 4.39 Å². The van der Waals surface area contributed by atoms with Crippen molar-refractivity contribution in [1.82, 2.24) is 24.8 Å². The standard InChI is InChI=1S/C25H26FN5/c1-18-15-20(4-6-22(18)26)25-21(3-2-8-28-25)19-5-7-23-24(16-19)31(17-29-23)14-13-30-11-9-27-10-12-30/h2-8,15-17,27H,9-14H2,1H3. The number of piperazine rings is 1. The second-order valence-electron chi connectivity index (χ2n) is 8.10. The average molecular weight is 416 g/mol. The number of pyridine rings is 1. The van der Waals surface area contributed by atoms with Crippen LogP contribution in [0.15, 0.2) is 61.1 Å². The number of hydrogen-bond donors (Lipinski definition) is 1. The first-order valence-electron chi connectivity index (χ1n) is 10.8. The van der Waals surface area contributed by atoms with Crippen molar-refractivity contribution >= 4 is 11.0 Å². The summed E-state index contributed by atoms with van der Waals surface area (Å²) in [5.41, 5.74) is 6.63. The molecule has 0 spiro atoms. The summed E-state index contributed by atoms with van der Waals surface area (Å²) in [7, 11) is 0. The molecule has 6 heteroatoms. The molecule has 0 amide bonds. The molecule has 1 aliphatic rings. The Balaban J connectivity index is 1.49. The van der Waals surface area contributed by atoms with Crippen LogP contribution in [-0.2, 0) is 6.54 Å². The van der Waals surface area contributed by atoms with Crippen molar-refractivity contribution in [2.75, 3.05) is 32.7 Å². The van der Waals surface area contributed by atoms with Crippen molar-refractivity contribution in [2.45, 2.75) is 13.5 Å². The highest BCUT2D eigenvalue weighted by molar-refractivity contribution is 5.87. The van der Waals surface area contributed by atoms with Crippen molar-refractivity contribution in [3.8, 4) is 22.4 Å². The van der Waals surface area contributed by atoms with Gasteiger partial charge in [0.2, 0.25) is 0 Å². The van der Waals surface area contributed by atoms with Crippen LogP contribution in [0.25, 0.3) is 33.4 Å². The lowest BCUT2D eigenvalue weighted by Gasteiger charge is -2.27. The van der Waals surface area contributed by atoms with E-state index in [9.17, 15) is 4.39 Å². The largest absolute Gasteiger partial charge is 0.329 e. The van der Waals surface area contributed by atoms with E-state index in [4.69, 9.17) is 0 Å². The summed E-state index contributed by atoms with van der Waals surface area (Å²) >= 11 is 0. The van der Waals surface area contributed by atoms with Crippen LogP contribution in [0.2, 0.25) is 0 Å². The third-order valence-corrected chi connectivity index (χ3v) is 6.04. The summed E-state index contributed by atoms with van der Waals surface area (Å²) in [6.45, 7) is 8.01. The van der Waals surface area contributed by atoms with Crippen LogP contribution < -0.4 is 5.32 Å². The van der Waals surface area contributed by atoms with Crippen molar-refractivity contribution in [3.63, 3.8) is 0 Å². The van der Waals surface area contributed by atoms with E-state index in [1.54, 1.807) is 19.2 Å². The van der Waals surface area contributed by atoms with E-state index in [2.05, 4.69) is 49.0 Å². The van der Waals surface area contributed by atoms with Gasteiger partial charge in [0, 0.05) is 56.6 Å². The van der Waals surface area contributed by atoms with Gasteiger partial charge in [0.15, 0.2) is 0 Å². The molecule has 1 fully saturated rings. The molecule has 2 aromatic carbocycles. The molecule has 5 rings (SSSR count). The first-order valence-corrected chi connectivity index (χ1v) is 10.8. The van der Waals surface area contributed by atoms with Gasteiger partial charge in [-0.3, -0.25) is 9.88 Å². The minimum atomic E-state index is -0.198. The van der Waals surface area contributed by atoms with Crippen molar-refractivity contribution in [2.24, 2.45) is 0 Å². The highest BCUT2D eigenvalue weighted by Crippen LogP contribution is 2.32. The van der Waals surface area contributed by atoms with Gasteiger partial charge in [-0.15, -0.1) is 0 Å². The molecule has 0 aliphatic carbocycles. The quantitative estimate of drug-likeness (QED) is 0.533. The van der Waals surface area contributed by atoms with Gasteiger partial charge >= 0.3 is 0 Å². The lowest BCUT2D eigenvalue weighted by molar-refractivity contribution is 0.233. The van der Waals surface area contributed by atoms with E-state index < -0.39 is 0 Å². The van der Waals surface area contributed by atoms with Gasteiger partial charge in [-0.1, -0.05) is 12.1 Å². The number of halogens is 1. The molecule has 2 aromatic heterocycles. The fraction of sp³-hybridized carbons (Fsp3) is 0.280. The zero-order valence-electron chi connectivity index (χ0n) is 17.7. The second kappa shape index (κ2) is 8.57. The van der Waals surface area contributed by atoms with Crippen LogP contribution in [0.5, 0.6) is 0 Å². The highest BCUT2D eigenvalue weighted by atomic mass is 19.1.